The summed E-state index contributed by atoms with van der Waals surface area (Å²) in [6.45, 7) is 7.44. The quantitative estimate of drug-likeness (QED) is 0.360. The lowest BCUT2D eigenvalue weighted by Gasteiger charge is -2.42. The van der Waals surface area contributed by atoms with Crippen molar-refractivity contribution in [2.24, 2.45) is 4.99 Å². The summed E-state index contributed by atoms with van der Waals surface area (Å²) in [7, 11) is 0. The number of halogens is 4. The first-order valence-corrected chi connectivity index (χ1v) is 10.2. The Balaban J connectivity index is 0.00000320. The Morgan fingerprint density at radius 1 is 1.17 bits per heavy atom. The number of hydrogen-bond donors (Lipinski definition) is 1. The molecular weight excluding hydrogens is 508 g/mol. The Hall–Kier alpha value is -1.52. The third kappa shape index (κ3) is 5.59. The van der Waals surface area contributed by atoms with E-state index >= 15 is 0 Å². The van der Waals surface area contributed by atoms with E-state index in [-0.39, 0.29) is 35.3 Å². The Kier molecular flexibility index (Phi) is 8.41. The molecule has 0 spiro atoms. The highest BCUT2D eigenvalue weighted by Gasteiger charge is 2.40. The average Bonchev–Trinajstić information content (AvgIpc) is 2.66. The second kappa shape index (κ2) is 10.2. The van der Waals surface area contributed by atoms with Crippen LogP contribution in [-0.2, 0) is 16.4 Å². The molecule has 1 aliphatic carbocycles. The molecule has 1 aliphatic heterocycles. The minimum atomic E-state index is -4.34. The summed E-state index contributed by atoms with van der Waals surface area (Å²) in [6, 6.07) is 5.70. The molecule has 0 unspecified atom stereocenters. The van der Waals surface area contributed by atoms with Gasteiger partial charge in [0.1, 0.15) is 0 Å². The zero-order valence-electron chi connectivity index (χ0n) is 17.5. The maximum absolute atomic E-state index is 13.2. The van der Waals surface area contributed by atoms with E-state index in [0.717, 1.165) is 36.9 Å². The number of carbonyl (C=O) groups is 1. The van der Waals surface area contributed by atoms with Crippen LogP contribution in [0.5, 0.6) is 0 Å². The molecule has 2 fully saturated rings. The van der Waals surface area contributed by atoms with Gasteiger partial charge in [-0.15, -0.1) is 24.0 Å². The molecule has 1 aromatic carbocycles. The Morgan fingerprint density at radius 2 is 1.80 bits per heavy atom. The van der Waals surface area contributed by atoms with Crippen LogP contribution in [0.4, 0.5) is 13.2 Å². The molecule has 3 rings (SSSR count). The molecule has 9 heteroatoms. The fourth-order valence-electron chi connectivity index (χ4n) is 4.05. The minimum absolute atomic E-state index is 0. The molecule has 30 heavy (non-hydrogen) atoms. The minimum Gasteiger partial charge on any atom is -0.357 e. The van der Waals surface area contributed by atoms with Crippen LogP contribution in [0.3, 0.4) is 0 Å². The van der Waals surface area contributed by atoms with Gasteiger partial charge in [0.2, 0.25) is 5.91 Å². The van der Waals surface area contributed by atoms with Crippen LogP contribution < -0.4 is 5.32 Å². The predicted octanol–water partition coefficient (Wildman–Crippen LogP) is 3.87. The summed E-state index contributed by atoms with van der Waals surface area (Å²) in [6.07, 6.45) is -1.65. The monoisotopic (exact) mass is 538 g/mol. The molecule has 1 amide bonds. The van der Waals surface area contributed by atoms with Crippen molar-refractivity contribution in [2.75, 3.05) is 39.3 Å². The van der Waals surface area contributed by atoms with Gasteiger partial charge in [-0.05, 0) is 31.4 Å². The Bertz CT molecular complexity index is 757. The van der Waals surface area contributed by atoms with Crippen LogP contribution in [0, 0.1) is 0 Å². The van der Waals surface area contributed by atoms with E-state index < -0.39 is 11.7 Å². The number of amides is 1. The third-order valence-corrected chi connectivity index (χ3v) is 6.00. The van der Waals surface area contributed by atoms with E-state index in [9.17, 15) is 18.0 Å². The molecule has 1 saturated carbocycles. The molecule has 1 N–H and O–H groups in total. The van der Waals surface area contributed by atoms with Gasteiger partial charge in [-0.1, -0.05) is 24.6 Å². The number of alkyl halides is 3. The van der Waals surface area contributed by atoms with E-state index in [1.807, 2.05) is 11.8 Å². The van der Waals surface area contributed by atoms with Crippen molar-refractivity contribution in [1.29, 1.82) is 0 Å². The fourth-order valence-corrected chi connectivity index (χ4v) is 4.05. The number of rotatable bonds is 4. The zero-order chi connectivity index (χ0) is 21.1. The molecule has 2 aliphatic rings. The number of piperazine rings is 1. The van der Waals surface area contributed by atoms with Crippen molar-refractivity contribution in [3.8, 4) is 0 Å². The Labute approximate surface area is 193 Å². The van der Waals surface area contributed by atoms with Crippen LogP contribution in [0.25, 0.3) is 0 Å². The van der Waals surface area contributed by atoms with Gasteiger partial charge in [0.05, 0.1) is 12.1 Å². The number of nitrogens with one attached hydrogen (secondary N) is 1. The van der Waals surface area contributed by atoms with Gasteiger partial charge >= 0.3 is 6.18 Å². The second-order valence-electron chi connectivity index (χ2n) is 7.88. The number of guanidine groups is 1. The first-order valence-electron chi connectivity index (χ1n) is 10.2. The molecule has 0 atom stereocenters. The standard InChI is InChI=1S/C21H29F3N4O.HI/c1-3-25-19(28-12-10-27(11-13-28)16(2)29)26-15-20(8-5-9-20)17-6-4-7-18(14-17)21(22,23)24;/h4,6-7,14H,3,5,8-13,15H2,1-2H3,(H,25,26);1H. The Morgan fingerprint density at radius 3 is 2.30 bits per heavy atom. The molecule has 0 radical (unpaired) electrons. The molecule has 0 bridgehead atoms. The number of carbonyl (C=O) groups excluding carboxylic acids is 1. The maximum atomic E-state index is 13.2. The number of nitrogens with zero attached hydrogens (tertiary/aromatic N) is 3. The molecular formula is C21H30F3IN4O. The topological polar surface area (TPSA) is 47.9 Å². The SMILES string of the molecule is CCNC(=NCC1(c2cccc(C(F)(F)F)c2)CCC1)N1CCN(C(C)=O)CC1.I. The van der Waals surface area contributed by atoms with Crippen LogP contribution >= 0.6 is 24.0 Å². The second-order valence-corrected chi connectivity index (χ2v) is 7.88. The highest BCUT2D eigenvalue weighted by Crippen LogP contribution is 2.45. The van der Waals surface area contributed by atoms with Gasteiger partial charge in [-0.3, -0.25) is 9.79 Å². The van der Waals surface area contributed by atoms with Crippen molar-refractivity contribution in [2.45, 2.75) is 44.7 Å². The van der Waals surface area contributed by atoms with Gasteiger partial charge in [-0.2, -0.15) is 13.2 Å². The zero-order valence-corrected chi connectivity index (χ0v) is 19.8. The van der Waals surface area contributed by atoms with Crippen molar-refractivity contribution in [3.05, 3.63) is 35.4 Å². The largest absolute Gasteiger partial charge is 0.416 e. The maximum Gasteiger partial charge on any atom is 0.416 e. The smallest absolute Gasteiger partial charge is 0.357 e. The van der Waals surface area contributed by atoms with Crippen LogP contribution in [0.15, 0.2) is 29.3 Å². The van der Waals surface area contributed by atoms with Crippen molar-refractivity contribution < 1.29 is 18.0 Å². The van der Waals surface area contributed by atoms with Crippen molar-refractivity contribution >= 4 is 35.8 Å². The summed E-state index contributed by atoms with van der Waals surface area (Å²) < 4.78 is 39.5. The molecule has 1 heterocycles. The van der Waals surface area contributed by atoms with E-state index in [2.05, 4.69) is 10.2 Å². The van der Waals surface area contributed by atoms with Crippen molar-refractivity contribution in [1.82, 2.24) is 15.1 Å². The molecule has 1 saturated heterocycles. The molecule has 1 aromatic rings. The van der Waals surface area contributed by atoms with Crippen LogP contribution in [0.2, 0.25) is 0 Å². The normalized spacial score (nSPS) is 19.0. The van der Waals surface area contributed by atoms with Crippen LogP contribution in [-0.4, -0.2) is 60.9 Å². The number of hydrogen-bond acceptors (Lipinski definition) is 2. The average molecular weight is 538 g/mol. The van der Waals surface area contributed by atoms with Crippen LogP contribution in [0.1, 0.15) is 44.2 Å². The highest BCUT2D eigenvalue weighted by atomic mass is 127. The van der Waals surface area contributed by atoms with Gasteiger partial charge in [-0.25, -0.2) is 0 Å². The fraction of sp³-hybridized carbons (Fsp3) is 0.619. The number of benzene rings is 1. The summed E-state index contributed by atoms with van der Waals surface area (Å²) in [5.74, 6) is 0.846. The lowest BCUT2D eigenvalue weighted by molar-refractivity contribution is -0.137. The summed E-state index contributed by atoms with van der Waals surface area (Å²) in [5.41, 5.74) is -0.208. The van der Waals surface area contributed by atoms with Gasteiger partial charge in [0.15, 0.2) is 5.96 Å². The van der Waals surface area contributed by atoms with E-state index in [0.29, 0.717) is 39.3 Å². The van der Waals surface area contributed by atoms with Gasteiger partial charge in [0.25, 0.3) is 0 Å². The van der Waals surface area contributed by atoms with Crippen molar-refractivity contribution in [3.63, 3.8) is 0 Å². The summed E-state index contributed by atoms with van der Waals surface area (Å²) >= 11 is 0. The lowest BCUT2D eigenvalue weighted by Crippen LogP contribution is -2.53. The van der Waals surface area contributed by atoms with E-state index in [1.165, 1.54) is 12.1 Å². The highest BCUT2D eigenvalue weighted by molar-refractivity contribution is 14.0. The third-order valence-electron chi connectivity index (χ3n) is 6.00. The lowest BCUT2D eigenvalue weighted by atomic mass is 9.64. The first-order chi connectivity index (χ1) is 13.7. The van der Waals surface area contributed by atoms with Gasteiger partial charge in [0, 0.05) is 45.1 Å². The van der Waals surface area contributed by atoms with Gasteiger partial charge < -0.3 is 15.1 Å². The molecule has 5 nitrogen and oxygen atoms in total. The summed E-state index contributed by atoms with van der Waals surface area (Å²) in [5, 5.41) is 3.30. The van der Waals surface area contributed by atoms with E-state index in [4.69, 9.17) is 4.99 Å². The molecule has 168 valence electrons. The molecule has 0 aromatic heterocycles. The predicted molar refractivity (Wildman–Crippen MR) is 122 cm³/mol. The summed E-state index contributed by atoms with van der Waals surface area (Å²) in [4.78, 5) is 20.3. The van der Waals surface area contributed by atoms with E-state index in [1.54, 1.807) is 13.0 Å². The first kappa shape index (κ1) is 24.7. The number of aliphatic imine (C=N–C) groups is 1.